The fraction of sp³-hybridized carbons (Fsp3) is 0.158. The lowest BCUT2D eigenvalue weighted by Crippen LogP contribution is -2.18. The molecule has 2 heteroatoms. The molecule has 0 aliphatic rings. The van der Waals surface area contributed by atoms with Gasteiger partial charge in [-0.15, -0.1) is 0 Å². The molecular formula is C19H18ClN. The molecule has 0 aromatic heterocycles. The Morgan fingerprint density at radius 1 is 0.905 bits per heavy atom. The van der Waals surface area contributed by atoms with Crippen LogP contribution >= 0.6 is 11.6 Å². The molecule has 0 radical (unpaired) electrons. The number of rotatable bonds is 4. The second kappa shape index (κ2) is 6.30. The molecular weight excluding hydrogens is 278 g/mol. The summed E-state index contributed by atoms with van der Waals surface area (Å²) in [5.74, 6) is 0. The zero-order valence-corrected chi connectivity index (χ0v) is 12.8. The van der Waals surface area contributed by atoms with Crippen LogP contribution in [0.4, 0.5) is 0 Å². The molecule has 0 saturated heterocycles. The van der Waals surface area contributed by atoms with Crippen molar-refractivity contribution >= 4 is 22.4 Å². The zero-order valence-electron chi connectivity index (χ0n) is 12.0. The summed E-state index contributed by atoms with van der Waals surface area (Å²) in [6.45, 7) is 2.95. The Bertz CT molecular complexity index is 751. The second-order valence-electron chi connectivity index (χ2n) is 5.30. The molecule has 1 nitrogen and oxygen atoms in total. The van der Waals surface area contributed by atoms with Crippen molar-refractivity contribution < 1.29 is 0 Å². The molecule has 0 bridgehead atoms. The Morgan fingerprint density at radius 3 is 2.43 bits per heavy atom. The molecule has 1 N–H and O–H groups in total. The van der Waals surface area contributed by atoms with Crippen molar-refractivity contribution in [1.82, 2.24) is 5.32 Å². The summed E-state index contributed by atoms with van der Waals surface area (Å²) >= 11 is 6.19. The molecule has 21 heavy (non-hydrogen) atoms. The largest absolute Gasteiger partial charge is 0.306 e. The van der Waals surface area contributed by atoms with Gasteiger partial charge in [0.1, 0.15) is 0 Å². The van der Waals surface area contributed by atoms with Gasteiger partial charge in [0.25, 0.3) is 0 Å². The maximum Gasteiger partial charge on any atom is 0.0450 e. The first-order chi connectivity index (χ1) is 10.2. The van der Waals surface area contributed by atoms with Crippen molar-refractivity contribution in [2.24, 2.45) is 0 Å². The van der Waals surface area contributed by atoms with Crippen molar-refractivity contribution in [1.29, 1.82) is 0 Å². The highest BCUT2D eigenvalue weighted by Crippen LogP contribution is 2.21. The van der Waals surface area contributed by atoms with Crippen LogP contribution < -0.4 is 5.32 Å². The topological polar surface area (TPSA) is 12.0 Å². The molecule has 106 valence electrons. The number of benzene rings is 3. The molecule has 3 aromatic rings. The van der Waals surface area contributed by atoms with Gasteiger partial charge in [-0.05, 0) is 41.0 Å². The number of hydrogen-bond donors (Lipinski definition) is 1. The van der Waals surface area contributed by atoms with E-state index in [1.54, 1.807) is 0 Å². The van der Waals surface area contributed by atoms with Crippen LogP contribution in [-0.2, 0) is 6.54 Å². The van der Waals surface area contributed by atoms with Crippen molar-refractivity contribution in [2.75, 3.05) is 0 Å². The highest BCUT2D eigenvalue weighted by Gasteiger charge is 2.07. The smallest absolute Gasteiger partial charge is 0.0450 e. The van der Waals surface area contributed by atoms with Crippen LogP contribution in [0.3, 0.4) is 0 Å². The van der Waals surface area contributed by atoms with Gasteiger partial charge in [0.05, 0.1) is 0 Å². The maximum atomic E-state index is 6.19. The van der Waals surface area contributed by atoms with Crippen LogP contribution in [0, 0.1) is 0 Å². The summed E-state index contributed by atoms with van der Waals surface area (Å²) in [6, 6.07) is 23.3. The molecule has 1 atom stereocenters. The van der Waals surface area contributed by atoms with Gasteiger partial charge >= 0.3 is 0 Å². The van der Waals surface area contributed by atoms with Gasteiger partial charge < -0.3 is 5.32 Å². The first-order valence-electron chi connectivity index (χ1n) is 7.19. The van der Waals surface area contributed by atoms with Crippen molar-refractivity contribution in [3.8, 4) is 0 Å². The normalized spacial score (nSPS) is 12.5. The van der Waals surface area contributed by atoms with Gasteiger partial charge in [0.15, 0.2) is 0 Å². The van der Waals surface area contributed by atoms with Gasteiger partial charge in [-0.2, -0.15) is 0 Å². The quantitative estimate of drug-likeness (QED) is 0.684. The standard InChI is InChI=1S/C19H18ClN/c1-14(21-13-18-8-4-5-9-19(18)20)16-11-10-15-6-2-3-7-17(15)12-16/h2-12,14,21H,13H2,1H3. The van der Waals surface area contributed by atoms with Crippen LogP contribution in [0.25, 0.3) is 10.8 Å². The summed E-state index contributed by atoms with van der Waals surface area (Å²) < 4.78 is 0. The van der Waals surface area contributed by atoms with Gasteiger partial charge in [-0.3, -0.25) is 0 Å². The molecule has 3 aromatic carbocycles. The Hall–Kier alpha value is -1.83. The highest BCUT2D eigenvalue weighted by atomic mass is 35.5. The van der Waals surface area contributed by atoms with E-state index in [4.69, 9.17) is 11.6 Å². The van der Waals surface area contributed by atoms with Crippen LogP contribution in [0.1, 0.15) is 24.1 Å². The van der Waals surface area contributed by atoms with E-state index in [1.165, 1.54) is 16.3 Å². The number of halogens is 1. The van der Waals surface area contributed by atoms with Crippen LogP contribution in [0.2, 0.25) is 5.02 Å². The molecule has 0 spiro atoms. The Morgan fingerprint density at radius 2 is 1.62 bits per heavy atom. The maximum absolute atomic E-state index is 6.19. The molecule has 0 aliphatic carbocycles. The number of fused-ring (bicyclic) bond motifs is 1. The van der Waals surface area contributed by atoms with E-state index in [2.05, 4.69) is 60.8 Å². The first kappa shape index (κ1) is 14.1. The van der Waals surface area contributed by atoms with Gasteiger partial charge in [0.2, 0.25) is 0 Å². The van der Waals surface area contributed by atoms with Crippen LogP contribution in [0.5, 0.6) is 0 Å². The minimum atomic E-state index is 0.283. The molecule has 0 fully saturated rings. The van der Waals surface area contributed by atoms with Crippen molar-refractivity contribution in [3.05, 3.63) is 82.9 Å². The monoisotopic (exact) mass is 295 g/mol. The Kier molecular flexibility index (Phi) is 4.23. The van der Waals surface area contributed by atoms with E-state index >= 15 is 0 Å². The lowest BCUT2D eigenvalue weighted by atomic mass is 10.0. The van der Waals surface area contributed by atoms with E-state index in [0.29, 0.717) is 0 Å². The molecule has 0 saturated carbocycles. The predicted octanol–water partition coefficient (Wildman–Crippen LogP) is 5.34. The lowest BCUT2D eigenvalue weighted by Gasteiger charge is -2.15. The third kappa shape index (κ3) is 3.26. The first-order valence-corrected chi connectivity index (χ1v) is 7.57. The molecule has 0 amide bonds. The lowest BCUT2D eigenvalue weighted by molar-refractivity contribution is 0.575. The number of hydrogen-bond acceptors (Lipinski definition) is 1. The second-order valence-corrected chi connectivity index (χ2v) is 5.71. The number of nitrogens with one attached hydrogen (secondary N) is 1. The summed E-state index contributed by atoms with van der Waals surface area (Å²) in [5.41, 5.74) is 2.42. The third-order valence-corrected chi connectivity index (χ3v) is 4.20. The summed E-state index contributed by atoms with van der Waals surface area (Å²) in [7, 11) is 0. The SMILES string of the molecule is CC(NCc1ccccc1Cl)c1ccc2ccccc2c1. The van der Waals surface area contributed by atoms with Crippen LogP contribution in [0.15, 0.2) is 66.7 Å². The van der Waals surface area contributed by atoms with Gasteiger partial charge in [0, 0.05) is 17.6 Å². The minimum Gasteiger partial charge on any atom is -0.306 e. The van der Waals surface area contributed by atoms with Crippen molar-refractivity contribution in [2.45, 2.75) is 19.5 Å². The van der Waals surface area contributed by atoms with E-state index in [9.17, 15) is 0 Å². The average Bonchev–Trinajstić information content (AvgIpc) is 2.53. The van der Waals surface area contributed by atoms with E-state index in [1.807, 2.05) is 18.2 Å². The molecule has 0 aliphatic heterocycles. The van der Waals surface area contributed by atoms with E-state index in [-0.39, 0.29) is 6.04 Å². The fourth-order valence-corrected chi connectivity index (χ4v) is 2.70. The van der Waals surface area contributed by atoms with E-state index in [0.717, 1.165) is 17.1 Å². The molecule has 3 rings (SSSR count). The van der Waals surface area contributed by atoms with Gasteiger partial charge in [-0.25, -0.2) is 0 Å². The zero-order chi connectivity index (χ0) is 14.7. The highest BCUT2D eigenvalue weighted by molar-refractivity contribution is 6.31. The van der Waals surface area contributed by atoms with E-state index < -0.39 is 0 Å². The molecule has 1 unspecified atom stereocenters. The summed E-state index contributed by atoms with van der Waals surface area (Å²) in [6.07, 6.45) is 0. The Labute approximate surface area is 130 Å². The fourth-order valence-electron chi connectivity index (χ4n) is 2.50. The Balaban J connectivity index is 1.75. The van der Waals surface area contributed by atoms with Gasteiger partial charge in [-0.1, -0.05) is 66.2 Å². The van der Waals surface area contributed by atoms with Crippen molar-refractivity contribution in [3.63, 3.8) is 0 Å². The van der Waals surface area contributed by atoms with Crippen LogP contribution in [-0.4, -0.2) is 0 Å². The average molecular weight is 296 g/mol. The minimum absolute atomic E-state index is 0.283. The molecule has 0 heterocycles. The predicted molar refractivity (Wildman–Crippen MR) is 90.7 cm³/mol. The summed E-state index contributed by atoms with van der Waals surface area (Å²) in [4.78, 5) is 0. The summed E-state index contributed by atoms with van der Waals surface area (Å²) in [5, 5.41) is 6.91. The third-order valence-electron chi connectivity index (χ3n) is 3.83.